The fourth-order valence-electron chi connectivity index (χ4n) is 5.63. The number of carbonyl (C=O) groups is 5. The Morgan fingerprint density at radius 2 is 1.75 bits per heavy atom. The number of ketones is 2. The van der Waals surface area contributed by atoms with Gasteiger partial charge >= 0.3 is 11.9 Å². The Morgan fingerprint density at radius 3 is 2.31 bits per heavy atom. The summed E-state index contributed by atoms with van der Waals surface area (Å²) in [5, 5.41) is 21.9. The molecule has 3 aliphatic carbocycles. The van der Waals surface area contributed by atoms with Crippen molar-refractivity contribution >= 4 is 35.1 Å². The molecule has 0 saturated heterocycles. The summed E-state index contributed by atoms with van der Waals surface area (Å²) < 4.78 is 10.7. The van der Waals surface area contributed by atoms with Crippen molar-refractivity contribution in [2.75, 3.05) is 19.0 Å². The number of hydrogen-bond donors (Lipinski definition) is 3. The van der Waals surface area contributed by atoms with Gasteiger partial charge in [-0.1, -0.05) is 0 Å². The number of aliphatic hydroxyl groups excluding tert-OH is 2. The highest BCUT2D eigenvalue weighted by molar-refractivity contribution is 6.25. The molecule has 4 rings (SSSR count). The van der Waals surface area contributed by atoms with Crippen molar-refractivity contribution in [2.45, 2.75) is 38.7 Å². The molecular formula is C25H26N2O9. The van der Waals surface area contributed by atoms with Crippen LogP contribution in [0.3, 0.4) is 0 Å². The maximum atomic E-state index is 13.9. The van der Waals surface area contributed by atoms with Crippen molar-refractivity contribution < 1.29 is 43.7 Å². The molecule has 0 fully saturated rings. The summed E-state index contributed by atoms with van der Waals surface area (Å²) in [6.45, 7) is 2.20. The molecule has 11 heteroatoms. The Kier molecular flexibility index (Phi) is 5.90. The van der Waals surface area contributed by atoms with Gasteiger partial charge in [-0.15, -0.1) is 0 Å². The van der Waals surface area contributed by atoms with Crippen molar-refractivity contribution in [1.82, 2.24) is 0 Å². The molecule has 0 spiro atoms. The number of anilines is 1. The zero-order chi connectivity index (χ0) is 26.7. The van der Waals surface area contributed by atoms with Crippen LogP contribution in [-0.2, 0) is 30.3 Å². The van der Waals surface area contributed by atoms with Gasteiger partial charge in [-0.2, -0.15) is 0 Å². The fraction of sp³-hybridized carbons (Fsp3) is 0.400. The van der Waals surface area contributed by atoms with Gasteiger partial charge in [0.2, 0.25) is 11.4 Å². The number of hydrogen-bond acceptors (Lipinski definition) is 10. The first kappa shape index (κ1) is 25.0. The molecule has 1 amide bonds. The highest BCUT2D eigenvalue weighted by Gasteiger charge is 2.63. The Labute approximate surface area is 206 Å². The molecule has 0 bridgehead atoms. The molecule has 3 aliphatic rings. The zero-order valence-corrected chi connectivity index (χ0v) is 20.2. The Balaban J connectivity index is 1.99. The highest BCUT2D eigenvalue weighted by Crippen LogP contribution is 2.53. The fourth-order valence-corrected chi connectivity index (χ4v) is 5.63. The van der Waals surface area contributed by atoms with Crippen LogP contribution in [0, 0.1) is 11.8 Å². The van der Waals surface area contributed by atoms with Crippen LogP contribution in [0.1, 0.15) is 42.6 Å². The highest BCUT2D eigenvalue weighted by atomic mass is 16.6. The number of nitrogens with zero attached hydrogens (tertiary/aromatic N) is 1. The average molecular weight is 498 g/mol. The van der Waals surface area contributed by atoms with Gasteiger partial charge in [-0.05, 0) is 36.5 Å². The minimum Gasteiger partial charge on any atom is -0.511 e. The van der Waals surface area contributed by atoms with Crippen LogP contribution in [0.2, 0.25) is 0 Å². The summed E-state index contributed by atoms with van der Waals surface area (Å²) in [6.07, 6.45) is 0.0294. The smallest absolute Gasteiger partial charge is 0.308 e. The van der Waals surface area contributed by atoms with Gasteiger partial charge in [0.1, 0.15) is 17.1 Å². The second-order valence-electron chi connectivity index (χ2n) is 9.40. The van der Waals surface area contributed by atoms with Crippen LogP contribution >= 0.6 is 0 Å². The molecule has 1 aromatic rings. The molecule has 4 N–H and O–H groups in total. The first-order chi connectivity index (χ1) is 16.8. The largest absolute Gasteiger partial charge is 0.511 e. The topological polar surface area (TPSA) is 174 Å². The van der Waals surface area contributed by atoms with Gasteiger partial charge in [-0.3, -0.25) is 24.0 Å². The van der Waals surface area contributed by atoms with Gasteiger partial charge < -0.3 is 30.3 Å². The summed E-state index contributed by atoms with van der Waals surface area (Å²) in [6, 6.07) is 3.18. The number of primary amides is 1. The Bertz CT molecular complexity index is 1310. The van der Waals surface area contributed by atoms with Gasteiger partial charge in [0.15, 0.2) is 11.5 Å². The normalized spacial score (nSPS) is 25.0. The third kappa shape index (κ3) is 3.53. The van der Waals surface area contributed by atoms with Crippen LogP contribution in [0.25, 0.3) is 0 Å². The summed E-state index contributed by atoms with van der Waals surface area (Å²) in [5.74, 6) is -7.70. The molecule has 36 heavy (non-hydrogen) atoms. The number of Topliss-reactive ketones (excluding diaryl/α,β-unsaturated/α-hetero) is 2. The Hall–Kier alpha value is -4.15. The van der Waals surface area contributed by atoms with E-state index in [-0.39, 0.29) is 36.1 Å². The van der Waals surface area contributed by atoms with Crippen molar-refractivity contribution in [3.63, 3.8) is 0 Å². The maximum Gasteiger partial charge on any atom is 0.308 e. The minimum absolute atomic E-state index is 0.0131. The number of rotatable bonds is 4. The Morgan fingerprint density at radius 1 is 1.08 bits per heavy atom. The van der Waals surface area contributed by atoms with Crippen molar-refractivity contribution in [3.8, 4) is 5.75 Å². The summed E-state index contributed by atoms with van der Waals surface area (Å²) in [4.78, 5) is 65.0. The number of allylic oxidation sites excluding steroid dienone is 2. The third-order valence-electron chi connectivity index (χ3n) is 6.91. The molecule has 3 atom stereocenters. The van der Waals surface area contributed by atoms with Crippen LogP contribution in [0.15, 0.2) is 34.8 Å². The molecule has 3 unspecified atom stereocenters. The van der Waals surface area contributed by atoms with E-state index in [4.69, 9.17) is 15.2 Å². The average Bonchev–Trinajstić information content (AvgIpc) is 2.74. The van der Waals surface area contributed by atoms with E-state index >= 15 is 0 Å². The first-order valence-electron chi connectivity index (χ1n) is 11.3. The number of carbonyl (C=O) groups excluding carboxylic acids is 5. The summed E-state index contributed by atoms with van der Waals surface area (Å²) >= 11 is 0. The van der Waals surface area contributed by atoms with Crippen molar-refractivity contribution in [3.05, 3.63) is 45.9 Å². The SMILES string of the molecule is CC(=O)Oc1ccc(N(C)C)c2c1C(=O)C1=C(O)C3(OC(C)=O)C(=O)C(C(N)=O)=C(O)CC3CC1C2. The molecule has 1 aromatic carbocycles. The van der Waals surface area contributed by atoms with Gasteiger partial charge in [-0.25, -0.2) is 0 Å². The quantitative estimate of drug-likeness (QED) is 0.313. The van der Waals surface area contributed by atoms with Gasteiger partial charge in [0.25, 0.3) is 5.91 Å². The first-order valence-corrected chi connectivity index (χ1v) is 11.3. The number of nitrogens with two attached hydrogens (primary N) is 1. The molecule has 190 valence electrons. The number of esters is 2. The number of benzene rings is 1. The summed E-state index contributed by atoms with van der Waals surface area (Å²) in [7, 11) is 3.57. The van der Waals surface area contributed by atoms with E-state index in [0.29, 0.717) is 11.3 Å². The number of aliphatic hydroxyl groups is 2. The lowest BCUT2D eigenvalue weighted by molar-refractivity contribution is -0.173. The second-order valence-corrected chi connectivity index (χ2v) is 9.40. The molecule has 0 aromatic heterocycles. The van der Waals surface area contributed by atoms with Crippen LogP contribution in [0.4, 0.5) is 5.69 Å². The van der Waals surface area contributed by atoms with E-state index in [9.17, 15) is 34.2 Å². The van der Waals surface area contributed by atoms with E-state index in [0.717, 1.165) is 6.92 Å². The number of fused-ring (bicyclic) bond motifs is 3. The van der Waals surface area contributed by atoms with Crippen molar-refractivity contribution in [1.29, 1.82) is 0 Å². The van der Waals surface area contributed by atoms with E-state index in [2.05, 4.69) is 0 Å². The van der Waals surface area contributed by atoms with Gasteiger partial charge in [0, 0.05) is 51.5 Å². The standard InChI is InChI=1S/C25H26N2O9/c1-10(28)35-17-6-5-15(27(3)4)14-8-12-7-13-9-16(30)20(24(26)34)23(33)25(13,36-11(2)29)22(32)18(12)21(31)19(14)17/h5-6,12-13,30,32H,7-9H2,1-4H3,(H2,26,34). The lowest BCUT2D eigenvalue weighted by atomic mass is 9.60. The monoisotopic (exact) mass is 498 g/mol. The van der Waals surface area contributed by atoms with E-state index in [1.54, 1.807) is 25.1 Å². The molecule has 0 saturated carbocycles. The van der Waals surface area contributed by atoms with Crippen molar-refractivity contribution in [2.24, 2.45) is 17.6 Å². The van der Waals surface area contributed by atoms with Crippen LogP contribution < -0.4 is 15.4 Å². The second kappa shape index (κ2) is 8.51. The van der Waals surface area contributed by atoms with Crippen LogP contribution in [0.5, 0.6) is 5.75 Å². The maximum absolute atomic E-state index is 13.9. The molecule has 11 nitrogen and oxygen atoms in total. The molecule has 0 radical (unpaired) electrons. The predicted octanol–water partition coefficient (Wildman–Crippen LogP) is 1.44. The van der Waals surface area contributed by atoms with E-state index in [1.165, 1.54) is 13.0 Å². The lowest BCUT2D eigenvalue weighted by Gasteiger charge is -2.47. The molecule has 0 heterocycles. The third-order valence-corrected chi connectivity index (χ3v) is 6.91. The van der Waals surface area contributed by atoms with Crippen LogP contribution in [-0.4, -0.2) is 59.3 Å². The predicted molar refractivity (Wildman–Crippen MR) is 124 cm³/mol. The number of ether oxygens (including phenoxy) is 2. The molecular weight excluding hydrogens is 472 g/mol. The number of amides is 1. The molecule has 0 aliphatic heterocycles. The lowest BCUT2D eigenvalue weighted by Crippen LogP contribution is -2.59. The van der Waals surface area contributed by atoms with E-state index in [1.807, 2.05) is 0 Å². The zero-order valence-electron chi connectivity index (χ0n) is 20.2. The van der Waals surface area contributed by atoms with E-state index < -0.39 is 63.9 Å². The van der Waals surface area contributed by atoms with Gasteiger partial charge in [0.05, 0.1) is 5.56 Å². The summed E-state index contributed by atoms with van der Waals surface area (Å²) in [5.41, 5.74) is 3.26. The minimum atomic E-state index is -2.40.